The van der Waals surface area contributed by atoms with Gasteiger partial charge in [0.15, 0.2) is 0 Å². The lowest BCUT2D eigenvalue weighted by molar-refractivity contribution is -0.186. The molecule has 0 spiro atoms. The van der Waals surface area contributed by atoms with Gasteiger partial charge in [-0.2, -0.15) is 13.2 Å². The molecule has 2 rings (SSSR count). The Morgan fingerprint density at radius 2 is 1.76 bits per heavy atom. The number of nitrogens with zero attached hydrogens (tertiary/aromatic N) is 1. The summed E-state index contributed by atoms with van der Waals surface area (Å²) >= 11 is 0. The first kappa shape index (κ1) is 15.8. The zero-order valence-electron chi connectivity index (χ0n) is 11.3. The Labute approximate surface area is 119 Å². The summed E-state index contributed by atoms with van der Waals surface area (Å²) in [4.78, 5) is 11.9. The van der Waals surface area contributed by atoms with Crippen molar-refractivity contribution >= 4 is 5.91 Å². The number of halogens is 4. The van der Waals surface area contributed by atoms with Crippen LogP contribution < -0.4 is 5.32 Å². The average Bonchev–Trinajstić information content (AvgIpc) is 2.45. The van der Waals surface area contributed by atoms with E-state index >= 15 is 0 Å². The van der Waals surface area contributed by atoms with Gasteiger partial charge in [-0.1, -0.05) is 12.1 Å². The van der Waals surface area contributed by atoms with E-state index in [0.29, 0.717) is 19.4 Å². The maximum absolute atomic E-state index is 12.7. The number of carbonyl (C=O) groups excluding carboxylic acids is 1. The van der Waals surface area contributed by atoms with Crippen LogP contribution in [0.25, 0.3) is 0 Å². The largest absolute Gasteiger partial charge is 0.471 e. The molecule has 7 heteroatoms. The van der Waals surface area contributed by atoms with E-state index in [9.17, 15) is 22.4 Å². The van der Waals surface area contributed by atoms with Crippen molar-refractivity contribution in [2.75, 3.05) is 13.1 Å². The highest BCUT2D eigenvalue weighted by Crippen LogP contribution is 2.21. The van der Waals surface area contributed by atoms with E-state index in [1.54, 1.807) is 12.1 Å². The lowest BCUT2D eigenvalue weighted by atomic mass is 10.0. The molecule has 1 amide bonds. The molecule has 0 bridgehead atoms. The van der Waals surface area contributed by atoms with Gasteiger partial charge >= 0.3 is 12.1 Å². The molecule has 116 valence electrons. The summed E-state index contributed by atoms with van der Waals surface area (Å²) in [6.45, 7) is 0.719. The predicted octanol–water partition coefficient (Wildman–Crippen LogP) is 2.47. The Kier molecular flexibility index (Phi) is 4.82. The van der Waals surface area contributed by atoms with Gasteiger partial charge < -0.3 is 10.2 Å². The SMILES string of the molecule is O=C(N1CCC(NCc2ccc(F)cc2)CC1)C(F)(F)F. The summed E-state index contributed by atoms with van der Waals surface area (Å²) in [5.74, 6) is -2.07. The number of carbonyl (C=O) groups is 1. The quantitative estimate of drug-likeness (QED) is 0.870. The van der Waals surface area contributed by atoms with E-state index < -0.39 is 12.1 Å². The summed E-state index contributed by atoms with van der Waals surface area (Å²) in [6, 6.07) is 6.10. The number of rotatable bonds is 3. The zero-order valence-corrected chi connectivity index (χ0v) is 11.3. The van der Waals surface area contributed by atoms with E-state index in [1.165, 1.54) is 12.1 Å². The second-order valence-corrected chi connectivity index (χ2v) is 5.07. The number of amides is 1. The Hall–Kier alpha value is -1.63. The first-order chi connectivity index (χ1) is 9.86. The number of benzene rings is 1. The zero-order chi connectivity index (χ0) is 15.5. The normalized spacial score (nSPS) is 17.0. The highest BCUT2D eigenvalue weighted by Gasteiger charge is 2.43. The average molecular weight is 304 g/mol. The fourth-order valence-electron chi connectivity index (χ4n) is 2.33. The molecule has 0 aromatic heterocycles. The molecular formula is C14H16F4N2O. The highest BCUT2D eigenvalue weighted by molar-refractivity contribution is 5.81. The molecule has 0 atom stereocenters. The molecule has 0 saturated carbocycles. The third-order valence-electron chi connectivity index (χ3n) is 3.53. The van der Waals surface area contributed by atoms with Crippen molar-refractivity contribution < 1.29 is 22.4 Å². The van der Waals surface area contributed by atoms with E-state index in [1.807, 2.05) is 0 Å². The standard InChI is InChI=1S/C14H16F4N2O/c15-11-3-1-10(2-4-11)9-19-12-5-7-20(8-6-12)13(21)14(16,17)18/h1-4,12,19H,5-9H2. The van der Waals surface area contributed by atoms with Crippen molar-refractivity contribution in [1.29, 1.82) is 0 Å². The van der Waals surface area contributed by atoms with Crippen LogP contribution in [-0.2, 0) is 11.3 Å². The topological polar surface area (TPSA) is 32.3 Å². The molecule has 3 nitrogen and oxygen atoms in total. The number of alkyl halides is 3. The maximum atomic E-state index is 12.7. The number of nitrogens with one attached hydrogen (secondary N) is 1. The molecule has 0 aliphatic carbocycles. The lowest BCUT2D eigenvalue weighted by Crippen LogP contribution is -2.48. The van der Waals surface area contributed by atoms with Crippen LogP contribution in [0.5, 0.6) is 0 Å². The molecule has 1 fully saturated rings. The highest BCUT2D eigenvalue weighted by atomic mass is 19.4. The van der Waals surface area contributed by atoms with Gasteiger partial charge in [0.2, 0.25) is 0 Å². The number of hydrogen-bond acceptors (Lipinski definition) is 2. The molecule has 1 N–H and O–H groups in total. The molecule has 0 radical (unpaired) electrons. The van der Waals surface area contributed by atoms with Gasteiger partial charge in [-0.15, -0.1) is 0 Å². The van der Waals surface area contributed by atoms with Crippen LogP contribution in [0.4, 0.5) is 17.6 Å². The van der Waals surface area contributed by atoms with Crippen LogP contribution in [0.15, 0.2) is 24.3 Å². The van der Waals surface area contributed by atoms with Gasteiger partial charge in [-0.25, -0.2) is 4.39 Å². The van der Waals surface area contributed by atoms with Crippen molar-refractivity contribution in [2.24, 2.45) is 0 Å². The third kappa shape index (κ3) is 4.42. The van der Waals surface area contributed by atoms with Crippen molar-refractivity contribution in [2.45, 2.75) is 31.6 Å². The van der Waals surface area contributed by atoms with E-state index in [0.717, 1.165) is 10.5 Å². The fraction of sp³-hybridized carbons (Fsp3) is 0.500. The van der Waals surface area contributed by atoms with Crippen LogP contribution in [-0.4, -0.2) is 36.1 Å². The van der Waals surface area contributed by atoms with Crippen molar-refractivity contribution in [3.63, 3.8) is 0 Å². The minimum absolute atomic E-state index is 0.0623. The monoisotopic (exact) mass is 304 g/mol. The van der Waals surface area contributed by atoms with E-state index in [2.05, 4.69) is 5.32 Å². The van der Waals surface area contributed by atoms with Gasteiger partial charge in [-0.05, 0) is 30.5 Å². The molecule has 1 aliphatic rings. The van der Waals surface area contributed by atoms with Crippen molar-refractivity contribution in [3.05, 3.63) is 35.6 Å². The van der Waals surface area contributed by atoms with Gasteiger partial charge in [0.25, 0.3) is 0 Å². The summed E-state index contributed by atoms with van der Waals surface area (Å²) in [5, 5.41) is 3.21. The minimum Gasteiger partial charge on any atom is -0.335 e. The summed E-state index contributed by atoms with van der Waals surface area (Å²) in [7, 11) is 0. The maximum Gasteiger partial charge on any atom is 0.471 e. The van der Waals surface area contributed by atoms with Crippen molar-refractivity contribution in [1.82, 2.24) is 10.2 Å². The van der Waals surface area contributed by atoms with Crippen LogP contribution in [0.3, 0.4) is 0 Å². The Bertz CT molecular complexity index is 479. The second kappa shape index (κ2) is 6.43. The predicted molar refractivity (Wildman–Crippen MR) is 68.9 cm³/mol. The number of hydrogen-bond donors (Lipinski definition) is 1. The minimum atomic E-state index is -4.80. The molecule has 1 saturated heterocycles. The molecule has 1 aliphatic heterocycles. The smallest absolute Gasteiger partial charge is 0.335 e. The van der Waals surface area contributed by atoms with Crippen LogP contribution >= 0.6 is 0 Å². The molecule has 0 unspecified atom stereocenters. The molecule has 1 aromatic carbocycles. The third-order valence-corrected chi connectivity index (χ3v) is 3.53. The van der Waals surface area contributed by atoms with Crippen LogP contribution in [0.2, 0.25) is 0 Å². The molecule has 21 heavy (non-hydrogen) atoms. The molecular weight excluding hydrogens is 288 g/mol. The van der Waals surface area contributed by atoms with E-state index in [-0.39, 0.29) is 24.9 Å². The van der Waals surface area contributed by atoms with E-state index in [4.69, 9.17) is 0 Å². The Morgan fingerprint density at radius 1 is 1.19 bits per heavy atom. The summed E-state index contributed by atoms with van der Waals surface area (Å²) in [6.07, 6.45) is -3.85. The Morgan fingerprint density at radius 3 is 2.29 bits per heavy atom. The summed E-state index contributed by atoms with van der Waals surface area (Å²) < 4.78 is 49.6. The molecule has 1 aromatic rings. The second-order valence-electron chi connectivity index (χ2n) is 5.07. The Balaban J connectivity index is 1.77. The van der Waals surface area contributed by atoms with Crippen LogP contribution in [0, 0.1) is 5.82 Å². The summed E-state index contributed by atoms with van der Waals surface area (Å²) in [5.41, 5.74) is 0.908. The first-order valence-corrected chi connectivity index (χ1v) is 6.70. The van der Waals surface area contributed by atoms with Crippen LogP contribution in [0.1, 0.15) is 18.4 Å². The van der Waals surface area contributed by atoms with Gasteiger partial charge in [-0.3, -0.25) is 4.79 Å². The van der Waals surface area contributed by atoms with Gasteiger partial charge in [0.1, 0.15) is 5.82 Å². The lowest BCUT2D eigenvalue weighted by Gasteiger charge is -2.32. The molecule has 1 heterocycles. The van der Waals surface area contributed by atoms with Crippen molar-refractivity contribution in [3.8, 4) is 0 Å². The number of piperidine rings is 1. The van der Waals surface area contributed by atoms with Gasteiger partial charge in [0.05, 0.1) is 0 Å². The first-order valence-electron chi connectivity index (χ1n) is 6.70. The fourth-order valence-corrected chi connectivity index (χ4v) is 2.33. The number of likely N-dealkylation sites (tertiary alicyclic amines) is 1. The van der Waals surface area contributed by atoms with Gasteiger partial charge in [0, 0.05) is 25.7 Å².